The average molecular weight is 276 g/mol. The molecule has 0 spiro atoms. The molecular weight excluding hydrogens is 255 g/mol. The van der Waals surface area contributed by atoms with Crippen molar-refractivity contribution in [1.29, 1.82) is 0 Å². The van der Waals surface area contributed by atoms with Crippen LogP contribution in [0.25, 0.3) is 0 Å². The summed E-state index contributed by atoms with van der Waals surface area (Å²) in [5.74, 6) is 0. The van der Waals surface area contributed by atoms with Crippen LogP contribution in [0.2, 0.25) is 4.44 Å². The Bertz CT molecular complexity index is 93.8. The van der Waals surface area contributed by atoms with E-state index in [2.05, 4.69) is 6.92 Å². The van der Waals surface area contributed by atoms with Crippen LogP contribution in [0.15, 0.2) is 0 Å². The van der Waals surface area contributed by atoms with Gasteiger partial charge in [0.15, 0.2) is 0 Å². The van der Waals surface area contributed by atoms with Crippen LogP contribution in [0.4, 0.5) is 0 Å². The zero-order valence-electron chi connectivity index (χ0n) is 8.27. The summed E-state index contributed by atoms with van der Waals surface area (Å²) in [6.45, 7) is 2.25. The molecule has 0 fully saturated rings. The second-order valence-electron chi connectivity index (χ2n) is 3.37. The molecule has 0 aromatic heterocycles. The summed E-state index contributed by atoms with van der Waals surface area (Å²) in [5.41, 5.74) is 0. The molecule has 0 bridgehead atoms. The van der Waals surface area contributed by atoms with Crippen molar-refractivity contribution < 1.29 is 3.08 Å². The first-order chi connectivity index (χ1) is 5.91. The predicted octanol–water partition coefficient (Wildman–Crippen LogP) is 3.60. The Morgan fingerprint density at radius 1 is 0.833 bits per heavy atom. The number of rotatable bonds is 9. The van der Waals surface area contributed by atoms with Crippen LogP contribution in [0.1, 0.15) is 58.3 Å². The van der Waals surface area contributed by atoms with Crippen LogP contribution >= 0.6 is 0 Å². The Kier molecular flexibility index (Phi) is 12.2. The fourth-order valence-corrected chi connectivity index (χ4v) is 2.46. The zero-order valence-corrected chi connectivity index (χ0v) is 11.1. The molecule has 0 saturated heterocycles. The third kappa shape index (κ3) is 10.6. The normalized spacial score (nSPS) is 10.1. The summed E-state index contributed by atoms with van der Waals surface area (Å²) in [4.78, 5) is 0. The Labute approximate surface area is 86.9 Å². The monoisotopic (exact) mass is 277 g/mol. The standard InChI is InChI=1S/C10H21.O.Sn/c1-3-5-7-9-10-8-6-4-2;;/h1,3-10H2,2H3;;. The van der Waals surface area contributed by atoms with E-state index in [1.807, 2.05) is 0 Å². The van der Waals surface area contributed by atoms with Gasteiger partial charge in [0.1, 0.15) is 0 Å². The summed E-state index contributed by atoms with van der Waals surface area (Å²) >= 11 is -1.11. The van der Waals surface area contributed by atoms with E-state index in [0.29, 0.717) is 0 Å². The number of unbranched alkanes of at least 4 members (excludes halogenated alkanes) is 7. The van der Waals surface area contributed by atoms with Gasteiger partial charge in [-0.15, -0.1) is 0 Å². The van der Waals surface area contributed by atoms with Gasteiger partial charge >= 0.3 is 86.9 Å². The third-order valence-electron chi connectivity index (χ3n) is 2.13. The molecule has 0 heterocycles. The molecule has 0 aromatic carbocycles. The van der Waals surface area contributed by atoms with E-state index < -0.39 is 21.1 Å². The number of hydrogen-bond donors (Lipinski definition) is 0. The second kappa shape index (κ2) is 11.6. The van der Waals surface area contributed by atoms with Crippen molar-refractivity contribution in [3.63, 3.8) is 0 Å². The van der Waals surface area contributed by atoms with Gasteiger partial charge in [-0.1, -0.05) is 0 Å². The predicted molar refractivity (Wildman–Crippen MR) is 53.9 cm³/mol. The van der Waals surface area contributed by atoms with Crippen molar-refractivity contribution in [3.05, 3.63) is 0 Å². The molecule has 1 radical (unpaired) electrons. The molecule has 1 nitrogen and oxygen atoms in total. The molecule has 0 atom stereocenters. The topological polar surface area (TPSA) is 17.1 Å². The Morgan fingerprint density at radius 2 is 1.33 bits per heavy atom. The molecule has 0 unspecified atom stereocenters. The first-order valence-electron chi connectivity index (χ1n) is 5.26. The first-order valence-corrected chi connectivity index (χ1v) is 8.45. The van der Waals surface area contributed by atoms with Gasteiger partial charge < -0.3 is 0 Å². The summed E-state index contributed by atoms with van der Waals surface area (Å²) in [5, 5.41) is 0. The molecule has 0 N–H and O–H groups in total. The molecule has 0 rings (SSSR count). The van der Waals surface area contributed by atoms with Crippen LogP contribution in [-0.2, 0) is 3.08 Å². The molecule has 0 aliphatic carbocycles. The van der Waals surface area contributed by atoms with Gasteiger partial charge in [0, 0.05) is 0 Å². The van der Waals surface area contributed by atoms with Gasteiger partial charge in [-0.25, -0.2) is 0 Å². The van der Waals surface area contributed by atoms with E-state index >= 15 is 0 Å². The minimum atomic E-state index is -1.11. The van der Waals surface area contributed by atoms with Crippen LogP contribution in [0, 0.1) is 0 Å². The van der Waals surface area contributed by atoms with Gasteiger partial charge in [-0.05, 0) is 0 Å². The molecule has 0 aliphatic rings. The quantitative estimate of drug-likeness (QED) is 0.464. The molecule has 2 heteroatoms. The third-order valence-corrected chi connectivity index (χ3v) is 3.72. The Balaban J connectivity index is 2.77. The summed E-state index contributed by atoms with van der Waals surface area (Å²) in [7, 11) is 0. The van der Waals surface area contributed by atoms with Crippen LogP contribution in [0.3, 0.4) is 0 Å². The maximum atomic E-state index is 10.3. The Morgan fingerprint density at radius 3 is 1.83 bits per heavy atom. The van der Waals surface area contributed by atoms with E-state index in [1.54, 1.807) is 0 Å². The molecule has 0 saturated carbocycles. The molecular formula is C10H21OSn. The van der Waals surface area contributed by atoms with Crippen molar-refractivity contribution in [3.8, 4) is 0 Å². The molecule has 0 amide bonds. The van der Waals surface area contributed by atoms with Gasteiger partial charge in [-0.2, -0.15) is 0 Å². The van der Waals surface area contributed by atoms with E-state index in [-0.39, 0.29) is 0 Å². The van der Waals surface area contributed by atoms with Gasteiger partial charge in [0.25, 0.3) is 0 Å². The summed E-state index contributed by atoms with van der Waals surface area (Å²) in [6.07, 6.45) is 10.9. The van der Waals surface area contributed by atoms with Gasteiger partial charge in [-0.3, -0.25) is 0 Å². The van der Waals surface area contributed by atoms with E-state index in [1.165, 1.54) is 51.4 Å². The molecule has 12 heavy (non-hydrogen) atoms. The number of hydrogen-bond acceptors (Lipinski definition) is 1. The van der Waals surface area contributed by atoms with Gasteiger partial charge in [0.05, 0.1) is 0 Å². The average Bonchev–Trinajstić information content (AvgIpc) is 2.10. The fourth-order valence-electron chi connectivity index (χ4n) is 1.33. The van der Waals surface area contributed by atoms with Crippen molar-refractivity contribution in [2.24, 2.45) is 0 Å². The molecule has 0 aliphatic heterocycles. The van der Waals surface area contributed by atoms with E-state index in [4.69, 9.17) is 0 Å². The zero-order chi connectivity index (χ0) is 9.07. The molecule has 0 aromatic rings. The van der Waals surface area contributed by atoms with Crippen molar-refractivity contribution in [2.75, 3.05) is 0 Å². The summed E-state index contributed by atoms with van der Waals surface area (Å²) < 4.78 is 11.3. The van der Waals surface area contributed by atoms with Gasteiger partial charge in [0.2, 0.25) is 0 Å². The van der Waals surface area contributed by atoms with Crippen molar-refractivity contribution in [1.82, 2.24) is 0 Å². The SMILES string of the molecule is CCCCCCCCC[CH2][Sn]=[O]. The Hall–Kier alpha value is 0.599. The fraction of sp³-hybridized carbons (Fsp3) is 1.00. The maximum absolute atomic E-state index is 10.3. The van der Waals surface area contributed by atoms with Crippen LogP contribution in [0.5, 0.6) is 0 Å². The minimum absolute atomic E-state index is 1.05. The summed E-state index contributed by atoms with van der Waals surface area (Å²) in [6, 6.07) is 0. The van der Waals surface area contributed by atoms with Crippen molar-refractivity contribution in [2.45, 2.75) is 62.7 Å². The van der Waals surface area contributed by atoms with E-state index in [0.717, 1.165) is 4.44 Å². The first kappa shape index (κ1) is 12.6. The second-order valence-corrected chi connectivity index (χ2v) is 5.62. The van der Waals surface area contributed by atoms with Crippen molar-refractivity contribution >= 4 is 21.1 Å². The molecule has 71 valence electrons. The van der Waals surface area contributed by atoms with Crippen LogP contribution < -0.4 is 0 Å². The van der Waals surface area contributed by atoms with Crippen LogP contribution in [-0.4, -0.2) is 21.1 Å². The van der Waals surface area contributed by atoms with E-state index in [9.17, 15) is 3.08 Å².